The van der Waals surface area contributed by atoms with E-state index in [1.54, 1.807) is 12.1 Å². The van der Waals surface area contributed by atoms with Gasteiger partial charge in [-0.2, -0.15) is 8.78 Å². The topological polar surface area (TPSA) is 21.7 Å². The van der Waals surface area contributed by atoms with Crippen molar-refractivity contribution in [3.8, 4) is 11.5 Å². The van der Waals surface area contributed by atoms with E-state index in [-0.39, 0.29) is 5.75 Å². The first kappa shape index (κ1) is 19.6. The summed E-state index contributed by atoms with van der Waals surface area (Å²) in [6, 6.07) is 6.07. The van der Waals surface area contributed by atoms with Crippen LogP contribution in [0, 0.1) is 0 Å². The van der Waals surface area contributed by atoms with E-state index in [2.05, 4.69) is 16.7 Å². The van der Waals surface area contributed by atoms with Gasteiger partial charge in [-0.25, -0.2) is 0 Å². The zero-order valence-electron chi connectivity index (χ0n) is 13.4. The van der Waals surface area contributed by atoms with Crippen LogP contribution in [-0.4, -0.2) is 38.8 Å². The highest BCUT2D eigenvalue weighted by atomic mass is 19.3. The molecule has 5 heteroatoms. The molecule has 0 aliphatic carbocycles. The first-order valence-electron chi connectivity index (χ1n) is 7.39. The number of ether oxygens (including phenoxy) is 2. The summed E-state index contributed by atoms with van der Waals surface area (Å²) in [5.74, 6) is 0.595. The van der Waals surface area contributed by atoms with Crippen molar-refractivity contribution in [1.82, 2.24) is 4.90 Å². The van der Waals surface area contributed by atoms with Crippen LogP contribution in [0.2, 0.25) is 0 Å². The highest BCUT2D eigenvalue weighted by Crippen LogP contribution is 2.20. The molecule has 0 unspecified atom stereocenters. The fourth-order valence-electron chi connectivity index (χ4n) is 1.83. The lowest BCUT2D eigenvalue weighted by atomic mass is 10.1. The number of rotatable bonds is 3. The largest absolute Gasteiger partial charge is 0.497 e. The molecule has 1 aromatic rings. The summed E-state index contributed by atoms with van der Waals surface area (Å²) in [5, 5.41) is 0. The molecule has 3 nitrogen and oxygen atoms in total. The van der Waals surface area contributed by atoms with E-state index in [4.69, 9.17) is 4.74 Å². The predicted octanol–water partition coefficient (Wildman–Crippen LogP) is 4.42. The summed E-state index contributed by atoms with van der Waals surface area (Å²) in [6.45, 7) is 3.84. The monoisotopic (exact) mass is 303 g/mol. The number of hydrogen-bond acceptors (Lipinski definition) is 3. The van der Waals surface area contributed by atoms with Crippen molar-refractivity contribution in [3.63, 3.8) is 0 Å². The zero-order chi connectivity index (χ0) is 16.1. The standard InChI is InChI=1S/C8H8F2O2.C6H13N.C2H6/c1-11-6-3-2-4-7(5-6)12-8(9)10;1-7-5-3-2-4-6-7;1-2/h2-5,8H,1H3;2-6H2,1H3;1-2H3. The van der Waals surface area contributed by atoms with Gasteiger partial charge in [-0.3, -0.25) is 0 Å². The minimum absolute atomic E-state index is 0.101. The van der Waals surface area contributed by atoms with Crippen LogP contribution >= 0.6 is 0 Å². The maximum absolute atomic E-state index is 11.7. The number of hydrogen-bond donors (Lipinski definition) is 0. The van der Waals surface area contributed by atoms with Crippen LogP contribution in [0.15, 0.2) is 24.3 Å². The van der Waals surface area contributed by atoms with Gasteiger partial charge in [-0.1, -0.05) is 26.3 Å². The summed E-state index contributed by atoms with van der Waals surface area (Å²) >= 11 is 0. The number of piperidine rings is 1. The van der Waals surface area contributed by atoms with Gasteiger partial charge in [0, 0.05) is 6.07 Å². The number of halogens is 2. The molecular weight excluding hydrogens is 276 g/mol. The van der Waals surface area contributed by atoms with E-state index in [1.165, 1.54) is 51.6 Å². The quantitative estimate of drug-likeness (QED) is 0.825. The second-order valence-corrected chi connectivity index (χ2v) is 4.42. The summed E-state index contributed by atoms with van der Waals surface area (Å²) in [4.78, 5) is 2.39. The van der Waals surface area contributed by atoms with Crippen LogP contribution < -0.4 is 9.47 Å². The van der Waals surface area contributed by atoms with Gasteiger partial charge in [0.15, 0.2) is 0 Å². The van der Waals surface area contributed by atoms with E-state index >= 15 is 0 Å². The Bertz CT molecular complexity index is 356. The predicted molar refractivity (Wildman–Crippen MR) is 82.3 cm³/mol. The molecule has 0 saturated carbocycles. The van der Waals surface area contributed by atoms with Crippen molar-refractivity contribution in [2.45, 2.75) is 39.7 Å². The van der Waals surface area contributed by atoms with Gasteiger partial charge in [0.1, 0.15) is 11.5 Å². The van der Waals surface area contributed by atoms with Crippen molar-refractivity contribution in [2.75, 3.05) is 27.2 Å². The highest BCUT2D eigenvalue weighted by Gasteiger charge is 2.04. The minimum Gasteiger partial charge on any atom is -0.497 e. The van der Waals surface area contributed by atoms with Gasteiger partial charge in [-0.05, 0) is 45.1 Å². The third-order valence-corrected chi connectivity index (χ3v) is 2.85. The minimum atomic E-state index is -2.79. The molecule has 0 radical (unpaired) electrons. The van der Waals surface area contributed by atoms with Crippen LogP contribution in [0.25, 0.3) is 0 Å². The lowest BCUT2D eigenvalue weighted by Gasteiger charge is -2.20. The molecular formula is C16H27F2NO2. The number of benzene rings is 1. The first-order valence-corrected chi connectivity index (χ1v) is 7.39. The number of likely N-dealkylation sites (tertiary alicyclic amines) is 1. The number of alkyl halides is 2. The first-order chi connectivity index (χ1) is 10.1. The average molecular weight is 303 g/mol. The Morgan fingerprint density at radius 1 is 1.05 bits per heavy atom. The normalized spacial score (nSPS) is 14.4. The van der Waals surface area contributed by atoms with Crippen LogP contribution in [0.3, 0.4) is 0 Å². The zero-order valence-corrected chi connectivity index (χ0v) is 13.4. The van der Waals surface area contributed by atoms with Gasteiger partial charge in [-0.15, -0.1) is 0 Å². The smallest absolute Gasteiger partial charge is 0.387 e. The van der Waals surface area contributed by atoms with Crippen molar-refractivity contribution in [3.05, 3.63) is 24.3 Å². The molecule has 1 aliphatic rings. The number of methoxy groups -OCH3 is 1. The van der Waals surface area contributed by atoms with Gasteiger partial charge in [0.2, 0.25) is 0 Å². The summed E-state index contributed by atoms with van der Waals surface area (Å²) in [6.07, 6.45) is 4.28. The Morgan fingerprint density at radius 3 is 2.05 bits per heavy atom. The van der Waals surface area contributed by atoms with Crippen LogP contribution in [0.4, 0.5) is 8.78 Å². The molecule has 0 N–H and O–H groups in total. The lowest BCUT2D eigenvalue weighted by molar-refractivity contribution is -0.0499. The lowest BCUT2D eigenvalue weighted by Crippen LogP contribution is -2.24. The molecule has 0 bridgehead atoms. The van der Waals surface area contributed by atoms with Crippen LogP contribution in [0.5, 0.6) is 11.5 Å². The number of nitrogens with zero attached hydrogens (tertiary/aromatic N) is 1. The molecule has 1 fully saturated rings. The van der Waals surface area contributed by atoms with Crippen molar-refractivity contribution in [1.29, 1.82) is 0 Å². The Morgan fingerprint density at radius 2 is 1.62 bits per heavy atom. The van der Waals surface area contributed by atoms with Crippen molar-refractivity contribution >= 4 is 0 Å². The van der Waals surface area contributed by atoms with Gasteiger partial charge in [0.25, 0.3) is 0 Å². The Labute approximate surface area is 126 Å². The summed E-state index contributed by atoms with van der Waals surface area (Å²) in [5.41, 5.74) is 0. The Kier molecular flexibility index (Phi) is 11.6. The summed E-state index contributed by atoms with van der Waals surface area (Å²) < 4.78 is 32.3. The molecule has 0 spiro atoms. The molecule has 1 aliphatic heterocycles. The molecule has 0 aromatic heterocycles. The summed E-state index contributed by atoms with van der Waals surface area (Å²) in [7, 11) is 3.65. The second kappa shape index (κ2) is 12.4. The van der Waals surface area contributed by atoms with Crippen LogP contribution in [-0.2, 0) is 0 Å². The van der Waals surface area contributed by atoms with Gasteiger partial charge >= 0.3 is 6.61 Å². The van der Waals surface area contributed by atoms with E-state index in [0.29, 0.717) is 5.75 Å². The SMILES string of the molecule is CC.CN1CCCCC1.COc1cccc(OC(F)F)c1. The average Bonchev–Trinajstić information content (AvgIpc) is 2.50. The van der Waals surface area contributed by atoms with Crippen LogP contribution in [0.1, 0.15) is 33.1 Å². The van der Waals surface area contributed by atoms with E-state index in [1.807, 2.05) is 13.8 Å². The molecule has 1 aromatic carbocycles. The van der Waals surface area contributed by atoms with Gasteiger partial charge < -0.3 is 14.4 Å². The second-order valence-electron chi connectivity index (χ2n) is 4.42. The van der Waals surface area contributed by atoms with E-state index < -0.39 is 6.61 Å². The maximum atomic E-state index is 11.7. The molecule has 1 heterocycles. The fraction of sp³-hybridized carbons (Fsp3) is 0.625. The molecule has 21 heavy (non-hydrogen) atoms. The third kappa shape index (κ3) is 10.1. The maximum Gasteiger partial charge on any atom is 0.387 e. The Hall–Kier alpha value is -1.36. The van der Waals surface area contributed by atoms with E-state index in [0.717, 1.165) is 0 Å². The molecule has 1 saturated heterocycles. The molecule has 0 atom stereocenters. The highest BCUT2D eigenvalue weighted by molar-refractivity contribution is 5.32. The van der Waals surface area contributed by atoms with E-state index in [9.17, 15) is 8.78 Å². The van der Waals surface area contributed by atoms with Crippen molar-refractivity contribution < 1.29 is 18.3 Å². The molecule has 122 valence electrons. The van der Waals surface area contributed by atoms with Crippen molar-refractivity contribution in [2.24, 2.45) is 0 Å². The Balaban J connectivity index is 0.000000377. The third-order valence-electron chi connectivity index (χ3n) is 2.85. The molecule has 0 amide bonds. The fourth-order valence-corrected chi connectivity index (χ4v) is 1.83. The van der Waals surface area contributed by atoms with Gasteiger partial charge in [0.05, 0.1) is 7.11 Å². The molecule has 2 rings (SSSR count).